The van der Waals surface area contributed by atoms with E-state index in [0.29, 0.717) is 0 Å². The SMILES string of the molecule is Nc1nonc1C(=O)NN=Cc1ccc([N+](=O)[O-])o1. The lowest BCUT2D eigenvalue weighted by molar-refractivity contribution is -0.402. The van der Waals surface area contributed by atoms with Gasteiger partial charge in [-0.05, 0) is 16.4 Å². The van der Waals surface area contributed by atoms with Crippen molar-refractivity contribution in [3.05, 3.63) is 33.7 Å². The molecule has 2 aromatic rings. The van der Waals surface area contributed by atoms with Gasteiger partial charge in [0.15, 0.2) is 5.76 Å². The van der Waals surface area contributed by atoms with Crippen molar-refractivity contribution in [2.45, 2.75) is 0 Å². The number of rotatable bonds is 4. The zero-order valence-electron chi connectivity index (χ0n) is 9.14. The fourth-order valence-corrected chi connectivity index (χ4v) is 1.07. The Morgan fingerprint density at radius 3 is 2.89 bits per heavy atom. The van der Waals surface area contributed by atoms with Crippen molar-refractivity contribution in [1.82, 2.24) is 15.7 Å². The summed E-state index contributed by atoms with van der Waals surface area (Å²) in [6, 6.07) is 2.47. The van der Waals surface area contributed by atoms with E-state index in [0.717, 1.165) is 12.3 Å². The van der Waals surface area contributed by atoms with Crippen LogP contribution in [0.1, 0.15) is 16.2 Å². The normalized spacial score (nSPS) is 10.7. The van der Waals surface area contributed by atoms with Crippen LogP contribution in [0.4, 0.5) is 11.7 Å². The summed E-state index contributed by atoms with van der Waals surface area (Å²) >= 11 is 0. The fraction of sp³-hybridized carbons (Fsp3) is 0. The molecule has 0 radical (unpaired) electrons. The predicted octanol–water partition coefficient (Wildman–Crippen LogP) is -0.0831. The van der Waals surface area contributed by atoms with Gasteiger partial charge in [-0.25, -0.2) is 10.1 Å². The first kappa shape index (κ1) is 12.2. The molecule has 3 N–H and O–H groups in total. The third-order valence-corrected chi connectivity index (χ3v) is 1.88. The van der Waals surface area contributed by atoms with Gasteiger partial charge in [-0.1, -0.05) is 0 Å². The Morgan fingerprint density at radius 1 is 1.53 bits per heavy atom. The van der Waals surface area contributed by atoms with Crippen molar-refractivity contribution in [3.63, 3.8) is 0 Å². The summed E-state index contributed by atoms with van der Waals surface area (Å²) < 4.78 is 9.00. The molecular weight excluding hydrogens is 260 g/mol. The molecule has 0 fully saturated rings. The molecule has 0 spiro atoms. The van der Waals surface area contributed by atoms with E-state index in [4.69, 9.17) is 10.2 Å². The van der Waals surface area contributed by atoms with Gasteiger partial charge in [0.25, 0.3) is 5.91 Å². The average Bonchev–Trinajstić information content (AvgIpc) is 2.97. The number of aromatic nitrogens is 2. The van der Waals surface area contributed by atoms with Crippen molar-refractivity contribution in [2.75, 3.05) is 5.73 Å². The highest BCUT2D eigenvalue weighted by molar-refractivity contribution is 5.96. The van der Waals surface area contributed by atoms with Crippen molar-refractivity contribution < 1.29 is 18.8 Å². The lowest BCUT2D eigenvalue weighted by atomic mass is 10.4. The zero-order chi connectivity index (χ0) is 13.8. The van der Waals surface area contributed by atoms with Gasteiger partial charge in [0.1, 0.15) is 4.92 Å². The number of nitrogen functional groups attached to an aromatic ring is 1. The molecule has 0 atom stereocenters. The molecule has 98 valence electrons. The minimum absolute atomic E-state index is 0.0956. The second-order valence-electron chi connectivity index (χ2n) is 3.13. The molecule has 0 bridgehead atoms. The maximum Gasteiger partial charge on any atom is 0.433 e. The first-order valence-electron chi connectivity index (χ1n) is 4.73. The number of hydrazone groups is 1. The van der Waals surface area contributed by atoms with Crippen LogP contribution in [0.2, 0.25) is 0 Å². The summed E-state index contributed by atoms with van der Waals surface area (Å²) in [6.45, 7) is 0. The quantitative estimate of drug-likeness (QED) is 0.440. The molecule has 0 aromatic carbocycles. The van der Waals surface area contributed by atoms with Crippen molar-refractivity contribution in [2.24, 2.45) is 5.10 Å². The standard InChI is InChI=1S/C8H6N6O5/c9-7-6(12-19-13-7)8(15)11-10-3-4-1-2-5(18-4)14(16)17/h1-3H,(H2,9,13)(H,11,15). The van der Waals surface area contributed by atoms with Gasteiger partial charge in [0, 0.05) is 0 Å². The van der Waals surface area contributed by atoms with Gasteiger partial charge in [-0.2, -0.15) is 5.10 Å². The van der Waals surface area contributed by atoms with Crippen LogP contribution in [0.5, 0.6) is 0 Å². The van der Waals surface area contributed by atoms with Gasteiger partial charge < -0.3 is 10.2 Å². The van der Waals surface area contributed by atoms with E-state index in [1.807, 2.05) is 0 Å². The summed E-state index contributed by atoms with van der Waals surface area (Å²) in [5.41, 5.74) is 7.14. The topological polar surface area (TPSA) is 163 Å². The monoisotopic (exact) mass is 266 g/mol. The Morgan fingerprint density at radius 2 is 2.32 bits per heavy atom. The molecule has 0 aliphatic heterocycles. The number of furan rings is 1. The smallest absolute Gasteiger partial charge is 0.400 e. The summed E-state index contributed by atoms with van der Waals surface area (Å²) in [6.07, 6.45) is 1.08. The highest BCUT2D eigenvalue weighted by Crippen LogP contribution is 2.13. The third-order valence-electron chi connectivity index (χ3n) is 1.88. The lowest BCUT2D eigenvalue weighted by Crippen LogP contribution is -2.19. The van der Waals surface area contributed by atoms with Gasteiger partial charge in [0.2, 0.25) is 11.5 Å². The van der Waals surface area contributed by atoms with Crippen LogP contribution in [0.3, 0.4) is 0 Å². The van der Waals surface area contributed by atoms with Crippen molar-refractivity contribution in [1.29, 1.82) is 0 Å². The van der Waals surface area contributed by atoms with Crippen LogP contribution in [-0.4, -0.2) is 27.4 Å². The van der Waals surface area contributed by atoms with E-state index in [2.05, 4.69) is 25.5 Å². The van der Waals surface area contributed by atoms with Gasteiger partial charge in [0.05, 0.1) is 12.3 Å². The molecular formula is C8H6N6O5. The summed E-state index contributed by atoms with van der Waals surface area (Å²) in [5, 5.41) is 20.3. The van der Waals surface area contributed by atoms with Crippen LogP contribution in [0.15, 0.2) is 26.3 Å². The van der Waals surface area contributed by atoms with Crippen LogP contribution >= 0.6 is 0 Å². The Balaban J connectivity index is 1.98. The molecule has 0 saturated carbocycles. The molecule has 11 nitrogen and oxygen atoms in total. The largest absolute Gasteiger partial charge is 0.433 e. The molecule has 1 amide bonds. The summed E-state index contributed by atoms with van der Waals surface area (Å²) in [4.78, 5) is 21.1. The van der Waals surface area contributed by atoms with Gasteiger partial charge in [-0.15, -0.1) is 0 Å². The number of nitrogens with zero attached hydrogens (tertiary/aromatic N) is 4. The number of carbonyl (C=O) groups is 1. The maximum atomic E-state index is 11.4. The zero-order valence-corrected chi connectivity index (χ0v) is 9.14. The number of carbonyl (C=O) groups excluding carboxylic acids is 1. The van der Waals surface area contributed by atoms with E-state index >= 15 is 0 Å². The van der Waals surface area contributed by atoms with E-state index in [-0.39, 0.29) is 17.3 Å². The molecule has 2 rings (SSSR count). The van der Waals surface area contributed by atoms with Crippen molar-refractivity contribution in [3.8, 4) is 0 Å². The predicted molar refractivity (Wildman–Crippen MR) is 59.1 cm³/mol. The number of nitro groups is 1. The van der Waals surface area contributed by atoms with Crippen LogP contribution in [0, 0.1) is 10.1 Å². The Hall–Kier alpha value is -3.24. The number of nitrogens with two attached hydrogens (primary N) is 1. The highest BCUT2D eigenvalue weighted by atomic mass is 16.6. The van der Waals surface area contributed by atoms with Crippen molar-refractivity contribution >= 4 is 23.8 Å². The first-order valence-corrected chi connectivity index (χ1v) is 4.73. The van der Waals surface area contributed by atoms with E-state index in [1.165, 1.54) is 6.07 Å². The Kier molecular flexibility index (Phi) is 3.18. The second-order valence-corrected chi connectivity index (χ2v) is 3.13. The number of amides is 1. The molecule has 0 aliphatic carbocycles. The highest BCUT2D eigenvalue weighted by Gasteiger charge is 2.15. The third kappa shape index (κ3) is 2.71. The Bertz CT molecular complexity index is 644. The Labute approximate surface area is 104 Å². The first-order chi connectivity index (χ1) is 9.08. The van der Waals surface area contributed by atoms with E-state index in [1.54, 1.807) is 0 Å². The van der Waals surface area contributed by atoms with E-state index < -0.39 is 16.7 Å². The maximum absolute atomic E-state index is 11.4. The molecule has 0 saturated heterocycles. The number of hydrogen-bond acceptors (Lipinski definition) is 9. The summed E-state index contributed by atoms with van der Waals surface area (Å²) in [7, 11) is 0. The van der Waals surface area contributed by atoms with Crippen LogP contribution < -0.4 is 11.2 Å². The molecule has 0 aliphatic rings. The van der Waals surface area contributed by atoms with Crippen LogP contribution in [0.25, 0.3) is 0 Å². The fourth-order valence-electron chi connectivity index (χ4n) is 1.07. The number of hydrogen-bond donors (Lipinski definition) is 2. The second kappa shape index (κ2) is 4.95. The molecule has 0 unspecified atom stereocenters. The molecule has 11 heteroatoms. The average molecular weight is 266 g/mol. The minimum Gasteiger partial charge on any atom is -0.400 e. The molecule has 19 heavy (non-hydrogen) atoms. The minimum atomic E-state index is -0.740. The van der Waals surface area contributed by atoms with E-state index in [9.17, 15) is 14.9 Å². The summed E-state index contributed by atoms with van der Waals surface area (Å²) in [5.74, 6) is -1.26. The number of nitrogens with one attached hydrogen (secondary N) is 1. The number of anilines is 1. The molecule has 2 heterocycles. The van der Waals surface area contributed by atoms with Gasteiger partial charge in [-0.3, -0.25) is 14.9 Å². The lowest BCUT2D eigenvalue weighted by Gasteiger charge is -1.93. The van der Waals surface area contributed by atoms with Crippen LogP contribution in [-0.2, 0) is 0 Å². The van der Waals surface area contributed by atoms with Gasteiger partial charge >= 0.3 is 5.88 Å². The molecule has 2 aromatic heterocycles.